The first-order valence-corrected chi connectivity index (χ1v) is 7.30. The second-order valence-electron chi connectivity index (χ2n) is 4.50. The van der Waals surface area contributed by atoms with Crippen LogP contribution in [-0.2, 0) is 4.74 Å². The van der Waals surface area contributed by atoms with E-state index in [1.54, 1.807) is 7.11 Å². The van der Waals surface area contributed by atoms with Crippen molar-refractivity contribution in [2.45, 2.75) is 12.5 Å². The molecule has 0 heterocycles. The van der Waals surface area contributed by atoms with Crippen molar-refractivity contribution in [3.63, 3.8) is 0 Å². The molecule has 0 aromatic heterocycles. The first-order chi connectivity index (χ1) is 9.17. The van der Waals surface area contributed by atoms with Crippen LogP contribution in [0.15, 0.2) is 28.7 Å². The number of methoxy groups -OCH3 is 1. The van der Waals surface area contributed by atoms with Gasteiger partial charge in [0.05, 0.1) is 13.2 Å². The van der Waals surface area contributed by atoms with Gasteiger partial charge in [0.1, 0.15) is 0 Å². The van der Waals surface area contributed by atoms with Gasteiger partial charge in [-0.15, -0.1) is 0 Å². The zero-order valence-electron chi connectivity index (χ0n) is 11.4. The Morgan fingerprint density at radius 1 is 1.26 bits per heavy atom. The normalized spacial score (nSPS) is 12.9. The maximum atomic E-state index is 9.03. The lowest BCUT2D eigenvalue weighted by molar-refractivity contribution is 0.128. The summed E-state index contributed by atoms with van der Waals surface area (Å²) in [5.74, 6) is 0. The van der Waals surface area contributed by atoms with Crippen molar-refractivity contribution < 1.29 is 9.84 Å². The predicted molar refractivity (Wildman–Crippen MR) is 81.1 cm³/mol. The quantitative estimate of drug-likeness (QED) is 0.724. The first-order valence-electron chi connectivity index (χ1n) is 6.50. The fourth-order valence-corrected chi connectivity index (χ4v) is 2.16. The third-order valence-electron chi connectivity index (χ3n) is 3.08. The van der Waals surface area contributed by atoms with Crippen molar-refractivity contribution in [1.29, 1.82) is 0 Å². The van der Waals surface area contributed by atoms with Crippen molar-refractivity contribution in [1.82, 2.24) is 4.90 Å². The highest BCUT2D eigenvalue weighted by molar-refractivity contribution is 9.10. The number of hydrogen-bond donors (Lipinski definition) is 2. The number of aliphatic hydroxyl groups excluding tert-OH is 1. The zero-order valence-corrected chi connectivity index (χ0v) is 13.0. The number of benzene rings is 1. The standard InChI is InChI=1S/C14H23BrN2O2/c1-19-11-9-17(8-10-18)7-6-14(16)12-2-4-13(15)5-3-12/h2-5,14,18H,6-11,16H2,1H3. The number of nitrogens with zero attached hydrogens (tertiary/aromatic N) is 1. The van der Waals surface area contributed by atoms with Crippen LogP contribution in [0, 0.1) is 0 Å². The van der Waals surface area contributed by atoms with E-state index in [0.29, 0.717) is 13.2 Å². The molecule has 0 aliphatic rings. The molecule has 5 heteroatoms. The molecule has 1 aromatic carbocycles. The summed E-state index contributed by atoms with van der Waals surface area (Å²) in [7, 11) is 1.69. The average molecular weight is 331 g/mol. The van der Waals surface area contributed by atoms with Gasteiger partial charge in [-0.25, -0.2) is 0 Å². The maximum Gasteiger partial charge on any atom is 0.0589 e. The molecule has 0 bridgehead atoms. The van der Waals surface area contributed by atoms with Crippen LogP contribution in [0.3, 0.4) is 0 Å². The van der Waals surface area contributed by atoms with Gasteiger partial charge in [-0.05, 0) is 24.1 Å². The fraction of sp³-hybridized carbons (Fsp3) is 0.571. The highest BCUT2D eigenvalue weighted by Crippen LogP contribution is 2.17. The van der Waals surface area contributed by atoms with Gasteiger partial charge in [-0.3, -0.25) is 4.90 Å². The Bertz CT molecular complexity index is 346. The summed E-state index contributed by atoms with van der Waals surface area (Å²) in [6, 6.07) is 8.12. The van der Waals surface area contributed by atoms with E-state index < -0.39 is 0 Å². The molecular weight excluding hydrogens is 308 g/mol. The number of hydrogen-bond acceptors (Lipinski definition) is 4. The van der Waals surface area contributed by atoms with Crippen LogP contribution in [0.2, 0.25) is 0 Å². The molecule has 1 rings (SSSR count). The van der Waals surface area contributed by atoms with Gasteiger partial charge in [-0.2, -0.15) is 0 Å². The summed E-state index contributed by atoms with van der Waals surface area (Å²) in [6.07, 6.45) is 0.866. The molecule has 108 valence electrons. The predicted octanol–water partition coefficient (Wildman–Crippen LogP) is 1.78. The van der Waals surface area contributed by atoms with Crippen molar-refractivity contribution >= 4 is 15.9 Å². The second-order valence-corrected chi connectivity index (χ2v) is 5.42. The topological polar surface area (TPSA) is 58.7 Å². The van der Waals surface area contributed by atoms with Gasteiger partial charge in [0.15, 0.2) is 0 Å². The summed E-state index contributed by atoms with van der Waals surface area (Å²) >= 11 is 3.42. The van der Waals surface area contributed by atoms with E-state index in [2.05, 4.69) is 20.8 Å². The van der Waals surface area contributed by atoms with E-state index in [1.165, 1.54) is 0 Å². The van der Waals surface area contributed by atoms with Crippen molar-refractivity contribution in [2.75, 3.05) is 40.0 Å². The van der Waals surface area contributed by atoms with Crippen LogP contribution < -0.4 is 5.73 Å². The van der Waals surface area contributed by atoms with Crippen molar-refractivity contribution in [3.8, 4) is 0 Å². The van der Waals surface area contributed by atoms with E-state index >= 15 is 0 Å². The average Bonchev–Trinajstić information content (AvgIpc) is 2.42. The van der Waals surface area contributed by atoms with Crippen LogP contribution in [0.1, 0.15) is 18.0 Å². The van der Waals surface area contributed by atoms with Gasteiger partial charge in [0.25, 0.3) is 0 Å². The number of ether oxygens (including phenoxy) is 1. The lowest BCUT2D eigenvalue weighted by Gasteiger charge is -2.22. The van der Waals surface area contributed by atoms with Crippen LogP contribution in [0.4, 0.5) is 0 Å². The Kier molecular flexibility index (Phi) is 8.25. The summed E-state index contributed by atoms with van der Waals surface area (Å²) < 4.78 is 6.12. The van der Waals surface area contributed by atoms with Crippen LogP contribution in [0.5, 0.6) is 0 Å². The highest BCUT2D eigenvalue weighted by Gasteiger charge is 2.09. The SMILES string of the molecule is COCCN(CCO)CCC(N)c1ccc(Br)cc1. The molecule has 3 N–H and O–H groups in total. The summed E-state index contributed by atoms with van der Waals surface area (Å²) in [6.45, 7) is 3.19. The Hall–Kier alpha value is -0.460. The van der Waals surface area contributed by atoms with E-state index in [1.807, 2.05) is 24.3 Å². The largest absolute Gasteiger partial charge is 0.395 e. The van der Waals surface area contributed by atoms with Gasteiger partial charge in [0, 0.05) is 37.3 Å². The van der Waals surface area contributed by atoms with E-state index in [0.717, 1.165) is 29.5 Å². The second kappa shape index (κ2) is 9.44. The fourth-order valence-electron chi connectivity index (χ4n) is 1.90. The smallest absolute Gasteiger partial charge is 0.0589 e. The zero-order chi connectivity index (χ0) is 14.1. The molecule has 0 aliphatic heterocycles. The summed E-state index contributed by atoms with van der Waals surface area (Å²) in [5.41, 5.74) is 7.32. The summed E-state index contributed by atoms with van der Waals surface area (Å²) in [4.78, 5) is 2.17. The first kappa shape index (κ1) is 16.6. The third-order valence-corrected chi connectivity index (χ3v) is 3.61. The molecule has 0 saturated heterocycles. The molecule has 1 aromatic rings. The maximum absolute atomic E-state index is 9.03. The molecular formula is C14H23BrN2O2. The number of aliphatic hydroxyl groups is 1. The van der Waals surface area contributed by atoms with Crippen molar-refractivity contribution in [3.05, 3.63) is 34.3 Å². The minimum Gasteiger partial charge on any atom is -0.395 e. The van der Waals surface area contributed by atoms with E-state index in [4.69, 9.17) is 15.6 Å². The van der Waals surface area contributed by atoms with E-state index in [-0.39, 0.29) is 12.6 Å². The van der Waals surface area contributed by atoms with Crippen LogP contribution in [-0.4, -0.2) is 50.0 Å². The number of nitrogens with two attached hydrogens (primary N) is 1. The van der Waals surface area contributed by atoms with E-state index in [9.17, 15) is 0 Å². The monoisotopic (exact) mass is 330 g/mol. The van der Waals surface area contributed by atoms with Gasteiger partial charge >= 0.3 is 0 Å². The molecule has 0 saturated carbocycles. The molecule has 1 unspecified atom stereocenters. The van der Waals surface area contributed by atoms with Gasteiger partial charge < -0.3 is 15.6 Å². The molecule has 4 nitrogen and oxygen atoms in total. The molecule has 1 atom stereocenters. The number of halogens is 1. The highest BCUT2D eigenvalue weighted by atomic mass is 79.9. The lowest BCUT2D eigenvalue weighted by Crippen LogP contribution is -2.32. The Morgan fingerprint density at radius 3 is 2.53 bits per heavy atom. The number of rotatable bonds is 9. The van der Waals surface area contributed by atoms with Crippen LogP contribution in [0.25, 0.3) is 0 Å². The molecule has 0 aliphatic carbocycles. The Balaban J connectivity index is 2.41. The lowest BCUT2D eigenvalue weighted by atomic mass is 10.0. The Labute approximate surface area is 123 Å². The molecule has 19 heavy (non-hydrogen) atoms. The minimum absolute atomic E-state index is 0.0248. The van der Waals surface area contributed by atoms with Gasteiger partial charge in [0.2, 0.25) is 0 Å². The third kappa shape index (κ3) is 6.49. The van der Waals surface area contributed by atoms with Crippen LogP contribution >= 0.6 is 15.9 Å². The summed E-state index contributed by atoms with van der Waals surface area (Å²) in [5, 5.41) is 9.03. The molecule has 0 fully saturated rings. The Morgan fingerprint density at radius 2 is 1.95 bits per heavy atom. The molecule has 0 amide bonds. The molecule has 0 spiro atoms. The van der Waals surface area contributed by atoms with Gasteiger partial charge in [-0.1, -0.05) is 28.1 Å². The molecule has 0 radical (unpaired) electrons. The van der Waals surface area contributed by atoms with Crippen molar-refractivity contribution in [2.24, 2.45) is 5.73 Å². The minimum atomic E-state index is 0.0248.